The van der Waals surface area contributed by atoms with Gasteiger partial charge in [0.1, 0.15) is 5.82 Å². The molecule has 0 atom stereocenters. The number of hydrogen-bond acceptors (Lipinski definition) is 3. The van der Waals surface area contributed by atoms with Crippen LogP contribution in [0.5, 0.6) is 0 Å². The van der Waals surface area contributed by atoms with Crippen LogP contribution in [-0.2, 0) is 6.54 Å². The quantitative estimate of drug-likeness (QED) is 0.707. The molecule has 0 aromatic heterocycles. The third-order valence-corrected chi connectivity index (χ3v) is 4.51. The lowest BCUT2D eigenvalue weighted by Crippen LogP contribution is -2.27. The number of nitrogens with one attached hydrogen (secondary N) is 1. The Morgan fingerprint density at radius 1 is 1.18 bits per heavy atom. The van der Waals surface area contributed by atoms with Gasteiger partial charge in [0.25, 0.3) is 0 Å². The molecule has 2 rings (SSSR count). The van der Waals surface area contributed by atoms with Crippen LogP contribution in [0, 0.1) is 5.82 Å². The van der Waals surface area contributed by atoms with Crippen LogP contribution in [0.25, 0.3) is 0 Å². The van der Waals surface area contributed by atoms with Crippen LogP contribution in [0.15, 0.2) is 18.2 Å². The zero-order chi connectivity index (χ0) is 15.8. The zero-order valence-electron chi connectivity index (χ0n) is 14.1. The first-order valence-corrected chi connectivity index (χ1v) is 8.71. The van der Waals surface area contributed by atoms with Gasteiger partial charge in [0.05, 0.1) is 5.69 Å². The zero-order valence-corrected chi connectivity index (χ0v) is 14.1. The van der Waals surface area contributed by atoms with E-state index in [0.717, 1.165) is 57.9 Å². The Bertz CT molecular complexity index is 440. The van der Waals surface area contributed by atoms with E-state index in [1.165, 1.54) is 18.4 Å². The summed E-state index contributed by atoms with van der Waals surface area (Å²) in [7, 11) is 0. The first-order chi connectivity index (χ1) is 10.7. The Labute approximate surface area is 134 Å². The summed E-state index contributed by atoms with van der Waals surface area (Å²) in [6, 6.07) is 5.52. The summed E-state index contributed by atoms with van der Waals surface area (Å²) < 4.78 is 14.0. The molecule has 0 spiro atoms. The van der Waals surface area contributed by atoms with E-state index in [1.807, 2.05) is 12.1 Å². The molecule has 3 nitrogen and oxygen atoms in total. The van der Waals surface area contributed by atoms with E-state index in [0.29, 0.717) is 0 Å². The number of anilines is 1. The van der Waals surface area contributed by atoms with Crippen molar-refractivity contribution in [3.05, 3.63) is 29.6 Å². The average molecular weight is 307 g/mol. The minimum absolute atomic E-state index is 0.0906. The smallest absolute Gasteiger partial charge is 0.146 e. The molecule has 1 heterocycles. The molecule has 4 heteroatoms. The van der Waals surface area contributed by atoms with Crippen molar-refractivity contribution in [3.63, 3.8) is 0 Å². The summed E-state index contributed by atoms with van der Waals surface area (Å²) in [6.45, 7) is 11.6. The lowest BCUT2D eigenvalue weighted by atomic mass is 10.1. The van der Waals surface area contributed by atoms with Crippen LogP contribution in [0.3, 0.4) is 0 Å². The number of benzene rings is 1. The standard InChI is InChI=1S/C18H30FN3/c1-3-21(4-2)11-7-10-20-15-16-8-9-17(19)18(14-16)22-12-5-6-13-22/h8-9,14,20H,3-7,10-13,15H2,1-2H3. The van der Waals surface area contributed by atoms with Crippen molar-refractivity contribution in [2.45, 2.75) is 39.7 Å². The molecule has 1 fully saturated rings. The van der Waals surface area contributed by atoms with Gasteiger partial charge in [0.15, 0.2) is 0 Å². The molecule has 0 aliphatic carbocycles. The number of halogens is 1. The summed E-state index contributed by atoms with van der Waals surface area (Å²) in [4.78, 5) is 4.60. The molecule has 124 valence electrons. The fraction of sp³-hybridized carbons (Fsp3) is 0.667. The summed E-state index contributed by atoms with van der Waals surface area (Å²) in [6.07, 6.45) is 3.50. The molecular weight excluding hydrogens is 277 g/mol. The van der Waals surface area contributed by atoms with E-state index in [9.17, 15) is 4.39 Å². The van der Waals surface area contributed by atoms with Gasteiger partial charge in [-0.25, -0.2) is 4.39 Å². The van der Waals surface area contributed by atoms with E-state index in [-0.39, 0.29) is 5.82 Å². The summed E-state index contributed by atoms with van der Waals surface area (Å²) in [5, 5.41) is 3.47. The van der Waals surface area contributed by atoms with Gasteiger partial charge in [-0.2, -0.15) is 0 Å². The maximum atomic E-state index is 14.0. The molecular formula is C18H30FN3. The highest BCUT2D eigenvalue weighted by molar-refractivity contribution is 5.50. The largest absolute Gasteiger partial charge is 0.369 e. The Morgan fingerprint density at radius 3 is 2.59 bits per heavy atom. The minimum Gasteiger partial charge on any atom is -0.369 e. The highest BCUT2D eigenvalue weighted by atomic mass is 19.1. The van der Waals surface area contributed by atoms with Gasteiger partial charge in [-0.3, -0.25) is 0 Å². The van der Waals surface area contributed by atoms with Crippen LogP contribution >= 0.6 is 0 Å². The van der Waals surface area contributed by atoms with E-state index < -0.39 is 0 Å². The molecule has 1 aromatic carbocycles. The lowest BCUT2D eigenvalue weighted by molar-refractivity contribution is 0.298. The van der Waals surface area contributed by atoms with Gasteiger partial charge < -0.3 is 15.1 Å². The molecule has 0 unspecified atom stereocenters. The van der Waals surface area contributed by atoms with Gasteiger partial charge in [0.2, 0.25) is 0 Å². The highest BCUT2D eigenvalue weighted by Crippen LogP contribution is 2.24. The SMILES string of the molecule is CCN(CC)CCCNCc1ccc(F)c(N2CCCC2)c1. The van der Waals surface area contributed by atoms with Gasteiger partial charge >= 0.3 is 0 Å². The first-order valence-electron chi connectivity index (χ1n) is 8.71. The monoisotopic (exact) mass is 307 g/mol. The van der Waals surface area contributed by atoms with Gasteiger partial charge in [-0.1, -0.05) is 19.9 Å². The van der Waals surface area contributed by atoms with Crippen LogP contribution in [0.4, 0.5) is 10.1 Å². The third kappa shape index (κ3) is 4.96. The fourth-order valence-corrected chi connectivity index (χ4v) is 3.07. The molecule has 1 N–H and O–H groups in total. The minimum atomic E-state index is -0.0906. The topological polar surface area (TPSA) is 18.5 Å². The second kappa shape index (κ2) is 9.11. The van der Waals surface area contributed by atoms with Crippen molar-refractivity contribution in [2.24, 2.45) is 0 Å². The Morgan fingerprint density at radius 2 is 1.91 bits per heavy atom. The highest BCUT2D eigenvalue weighted by Gasteiger charge is 2.16. The van der Waals surface area contributed by atoms with Crippen LogP contribution in [0.1, 0.15) is 38.7 Å². The fourth-order valence-electron chi connectivity index (χ4n) is 3.07. The summed E-state index contributed by atoms with van der Waals surface area (Å²) >= 11 is 0. The molecule has 22 heavy (non-hydrogen) atoms. The van der Waals surface area contributed by atoms with E-state index in [1.54, 1.807) is 6.07 Å². The third-order valence-electron chi connectivity index (χ3n) is 4.51. The molecule has 1 saturated heterocycles. The number of hydrogen-bond donors (Lipinski definition) is 1. The van der Waals surface area contributed by atoms with Crippen molar-refractivity contribution in [3.8, 4) is 0 Å². The lowest BCUT2D eigenvalue weighted by Gasteiger charge is -2.20. The molecule has 0 saturated carbocycles. The van der Waals surface area contributed by atoms with Gasteiger partial charge in [-0.05, 0) is 63.1 Å². The van der Waals surface area contributed by atoms with Crippen LogP contribution in [0.2, 0.25) is 0 Å². The number of rotatable bonds is 9. The first kappa shape index (κ1) is 17.2. The molecule has 0 amide bonds. The summed E-state index contributed by atoms with van der Waals surface area (Å²) in [5.41, 5.74) is 1.95. The second-order valence-corrected chi connectivity index (χ2v) is 6.04. The normalized spacial score (nSPS) is 15.0. The number of nitrogens with zero attached hydrogens (tertiary/aromatic N) is 2. The van der Waals surface area contributed by atoms with Gasteiger partial charge in [0, 0.05) is 19.6 Å². The summed E-state index contributed by atoms with van der Waals surface area (Å²) in [5.74, 6) is -0.0906. The Hall–Kier alpha value is -1.13. The second-order valence-electron chi connectivity index (χ2n) is 6.04. The molecule has 1 aliphatic heterocycles. The Kier molecular flexibility index (Phi) is 7.13. The maximum absolute atomic E-state index is 14.0. The van der Waals surface area contributed by atoms with Crippen LogP contribution in [-0.4, -0.2) is 44.2 Å². The maximum Gasteiger partial charge on any atom is 0.146 e. The van der Waals surface area contributed by atoms with E-state index >= 15 is 0 Å². The van der Waals surface area contributed by atoms with Gasteiger partial charge in [-0.15, -0.1) is 0 Å². The predicted octanol–water partition coefficient (Wildman–Crippen LogP) is 3.25. The molecule has 0 bridgehead atoms. The molecule has 0 radical (unpaired) electrons. The Balaban J connectivity index is 1.77. The van der Waals surface area contributed by atoms with Crippen molar-refractivity contribution in [1.82, 2.24) is 10.2 Å². The van der Waals surface area contributed by atoms with Crippen molar-refractivity contribution in [1.29, 1.82) is 0 Å². The van der Waals surface area contributed by atoms with Crippen molar-refractivity contribution in [2.75, 3.05) is 44.2 Å². The average Bonchev–Trinajstić information content (AvgIpc) is 3.06. The molecule has 1 aromatic rings. The van der Waals surface area contributed by atoms with Crippen molar-refractivity contribution >= 4 is 5.69 Å². The molecule has 1 aliphatic rings. The van der Waals surface area contributed by atoms with Crippen LogP contribution < -0.4 is 10.2 Å². The van der Waals surface area contributed by atoms with E-state index in [2.05, 4.69) is 29.0 Å². The van der Waals surface area contributed by atoms with Crippen molar-refractivity contribution < 1.29 is 4.39 Å². The van der Waals surface area contributed by atoms with E-state index in [4.69, 9.17) is 0 Å². The predicted molar refractivity (Wildman–Crippen MR) is 92.0 cm³/mol.